The van der Waals surface area contributed by atoms with Crippen molar-refractivity contribution in [2.24, 2.45) is 10.9 Å². The summed E-state index contributed by atoms with van der Waals surface area (Å²) in [5.41, 5.74) is 6.89. The van der Waals surface area contributed by atoms with Crippen molar-refractivity contribution in [3.63, 3.8) is 0 Å². The lowest BCUT2D eigenvalue weighted by molar-refractivity contribution is 0.260. The second-order valence-electron chi connectivity index (χ2n) is 4.39. The largest absolute Gasteiger partial charge is 0.469 e. The number of oxime groups is 1. The summed E-state index contributed by atoms with van der Waals surface area (Å²) in [7, 11) is 0. The van der Waals surface area contributed by atoms with Crippen molar-refractivity contribution in [2.45, 2.75) is 6.61 Å². The molecule has 0 bridgehead atoms. The number of fused-ring (bicyclic) bond motifs is 1. The third kappa shape index (κ3) is 2.64. The molecule has 3 aromatic rings. The number of hydrogen-bond acceptors (Lipinski definition) is 5. The first-order valence-electron chi connectivity index (χ1n) is 6.31. The van der Waals surface area contributed by atoms with E-state index in [0.29, 0.717) is 17.2 Å². The molecule has 0 radical (unpaired) electrons. The molecule has 3 N–H and O–H groups in total. The third-order valence-electron chi connectivity index (χ3n) is 3.00. The first-order chi connectivity index (χ1) is 10.3. The fraction of sp³-hybridized carbons (Fsp3) is 0.0667. The van der Waals surface area contributed by atoms with E-state index in [1.54, 1.807) is 24.5 Å². The molecule has 3 rings (SSSR count). The van der Waals surface area contributed by atoms with Crippen molar-refractivity contribution in [2.75, 3.05) is 0 Å². The van der Waals surface area contributed by atoms with Crippen LogP contribution in [0, 0.1) is 0 Å². The molecule has 0 saturated carbocycles. The number of hydrogen-bond donors (Lipinski definition) is 2. The zero-order chi connectivity index (χ0) is 14.7. The van der Waals surface area contributed by atoms with Gasteiger partial charge in [-0.2, -0.15) is 0 Å². The van der Waals surface area contributed by atoms with E-state index >= 15 is 0 Å². The van der Waals surface area contributed by atoms with Crippen molar-refractivity contribution in [1.82, 2.24) is 4.98 Å². The second-order valence-corrected chi connectivity index (χ2v) is 4.39. The van der Waals surface area contributed by atoms with E-state index in [-0.39, 0.29) is 12.4 Å². The van der Waals surface area contributed by atoms with Crippen LogP contribution in [0.4, 0.5) is 0 Å². The van der Waals surface area contributed by atoms with E-state index in [9.17, 15) is 0 Å². The summed E-state index contributed by atoms with van der Waals surface area (Å²) in [6.07, 6.45) is 1.57. The molecule has 0 saturated heterocycles. The number of ether oxygens (including phenoxy) is 1. The monoisotopic (exact) mass is 283 g/mol. The average Bonchev–Trinajstić information content (AvgIpc) is 3.04. The van der Waals surface area contributed by atoms with Gasteiger partial charge in [-0.3, -0.25) is 0 Å². The van der Waals surface area contributed by atoms with Gasteiger partial charge >= 0.3 is 0 Å². The first kappa shape index (κ1) is 13.0. The highest BCUT2D eigenvalue weighted by molar-refractivity contribution is 6.02. The Labute approximate surface area is 120 Å². The van der Waals surface area contributed by atoms with Gasteiger partial charge in [-0.25, -0.2) is 4.98 Å². The molecule has 0 unspecified atom stereocenters. The standard InChI is InChI=1S/C15H13N3O3/c16-14(18-19)12-8-10-4-1-2-6-13(10)17-15(12)21-9-11-5-3-7-20-11/h1-8,19H,9H2,(H2,16,18). The van der Waals surface area contributed by atoms with Crippen LogP contribution in [0.25, 0.3) is 10.9 Å². The molecule has 0 aliphatic heterocycles. The van der Waals surface area contributed by atoms with Crippen LogP contribution < -0.4 is 10.5 Å². The number of aromatic nitrogens is 1. The Hall–Kier alpha value is -3.02. The lowest BCUT2D eigenvalue weighted by atomic mass is 10.1. The zero-order valence-corrected chi connectivity index (χ0v) is 11.1. The van der Waals surface area contributed by atoms with Gasteiger partial charge in [0.25, 0.3) is 0 Å². The number of amidine groups is 1. The van der Waals surface area contributed by atoms with E-state index in [1.165, 1.54) is 0 Å². The van der Waals surface area contributed by atoms with Crippen molar-refractivity contribution in [3.8, 4) is 5.88 Å². The van der Waals surface area contributed by atoms with E-state index in [1.807, 2.05) is 24.3 Å². The van der Waals surface area contributed by atoms with Crippen molar-refractivity contribution < 1.29 is 14.4 Å². The Morgan fingerprint density at radius 3 is 2.90 bits per heavy atom. The maximum atomic E-state index is 8.90. The maximum Gasteiger partial charge on any atom is 0.225 e. The molecular weight excluding hydrogens is 270 g/mol. The van der Waals surface area contributed by atoms with Gasteiger partial charge in [-0.15, -0.1) is 0 Å². The summed E-state index contributed by atoms with van der Waals surface area (Å²) in [4.78, 5) is 4.41. The molecule has 106 valence electrons. The summed E-state index contributed by atoms with van der Waals surface area (Å²) in [6, 6.07) is 12.9. The molecule has 0 aliphatic carbocycles. The molecule has 6 heteroatoms. The van der Waals surface area contributed by atoms with Gasteiger partial charge in [0.05, 0.1) is 17.3 Å². The molecule has 6 nitrogen and oxygen atoms in total. The number of nitrogens with two attached hydrogens (primary N) is 1. The smallest absolute Gasteiger partial charge is 0.225 e. The van der Waals surface area contributed by atoms with Gasteiger partial charge in [0, 0.05) is 5.39 Å². The molecular formula is C15H13N3O3. The van der Waals surface area contributed by atoms with Gasteiger partial charge in [0.15, 0.2) is 5.84 Å². The van der Waals surface area contributed by atoms with Gasteiger partial charge in [0.1, 0.15) is 12.4 Å². The summed E-state index contributed by atoms with van der Waals surface area (Å²) in [5.74, 6) is 0.901. The van der Waals surface area contributed by atoms with E-state index in [2.05, 4.69) is 10.1 Å². The Morgan fingerprint density at radius 1 is 1.29 bits per heavy atom. The fourth-order valence-corrected chi connectivity index (χ4v) is 1.98. The molecule has 1 aromatic carbocycles. The van der Waals surface area contributed by atoms with Crippen LogP contribution in [0.5, 0.6) is 5.88 Å². The number of rotatable bonds is 4. The van der Waals surface area contributed by atoms with Gasteiger partial charge in [-0.1, -0.05) is 23.4 Å². The lowest BCUT2D eigenvalue weighted by Gasteiger charge is -2.10. The number of para-hydroxylation sites is 1. The van der Waals surface area contributed by atoms with Crippen LogP contribution in [-0.2, 0) is 6.61 Å². The normalized spacial score (nSPS) is 11.7. The van der Waals surface area contributed by atoms with E-state index in [4.69, 9.17) is 20.1 Å². The summed E-state index contributed by atoms with van der Waals surface area (Å²) < 4.78 is 10.8. The Bertz CT molecular complexity index is 782. The number of pyridine rings is 1. The second kappa shape index (κ2) is 5.54. The van der Waals surface area contributed by atoms with Crippen molar-refractivity contribution >= 4 is 16.7 Å². The molecule has 0 aliphatic rings. The average molecular weight is 283 g/mol. The van der Waals surface area contributed by atoms with Crippen LogP contribution >= 0.6 is 0 Å². The Kier molecular flexibility index (Phi) is 3.42. The highest BCUT2D eigenvalue weighted by Gasteiger charge is 2.13. The molecule has 2 aromatic heterocycles. The summed E-state index contributed by atoms with van der Waals surface area (Å²) >= 11 is 0. The van der Waals surface area contributed by atoms with Gasteiger partial charge in [0.2, 0.25) is 5.88 Å². The minimum Gasteiger partial charge on any atom is -0.469 e. The molecule has 0 amide bonds. The fourth-order valence-electron chi connectivity index (χ4n) is 1.98. The quantitative estimate of drug-likeness (QED) is 0.332. The Balaban J connectivity index is 2.01. The van der Waals surface area contributed by atoms with Crippen LogP contribution in [0.1, 0.15) is 11.3 Å². The van der Waals surface area contributed by atoms with Crippen LogP contribution in [-0.4, -0.2) is 16.0 Å². The predicted octanol–water partition coefficient (Wildman–Crippen LogP) is 2.50. The van der Waals surface area contributed by atoms with Gasteiger partial charge < -0.3 is 20.1 Å². The molecule has 0 atom stereocenters. The summed E-state index contributed by atoms with van der Waals surface area (Å²) in [6.45, 7) is 0.212. The maximum absolute atomic E-state index is 8.90. The Morgan fingerprint density at radius 2 is 2.14 bits per heavy atom. The van der Waals surface area contributed by atoms with Crippen molar-refractivity contribution in [3.05, 3.63) is 60.1 Å². The van der Waals surface area contributed by atoms with Crippen LogP contribution in [0.2, 0.25) is 0 Å². The summed E-state index contributed by atoms with van der Waals surface area (Å²) in [5, 5.41) is 12.8. The third-order valence-corrected chi connectivity index (χ3v) is 3.00. The van der Waals surface area contributed by atoms with Crippen molar-refractivity contribution in [1.29, 1.82) is 0 Å². The van der Waals surface area contributed by atoms with Crippen LogP contribution in [0.3, 0.4) is 0 Å². The SMILES string of the molecule is NC(=NO)c1cc2ccccc2nc1OCc1ccco1. The topological polar surface area (TPSA) is 93.9 Å². The molecule has 0 fully saturated rings. The van der Waals surface area contributed by atoms with Crippen LogP contribution in [0.15, 0.2) is 58.3 Å². The molecule has 21 heavy (non-hydrogen) atoms. The van der Waals surface area contributed by atoms with E-state index in [0.717, 1.165) is 10.9 Å². The highest BCUT2D eigenvalue weighted by atomic mass is 16.5. The van der Waals surface area contributed by atoms with Gasteiger partial charge in [-0.05, 0) is 24.3 Å². The number of nitrogens with zero attached hydrogens (tertiary/aromatic N) is 2. The lowest BCUT2D eigenvalue weighted by Crippen LogP contribution is -2.15. The van der Waals surface area contributed by atoms with E-state index < -0.39 is 0 Å². The highest BCUT2D eigenvalue weighted by Crippen LogP contribution is 2.23. The number of benzene rings is 1. The molecule has 0 spiro atoms. The minimum absolute atomic E-state index is 0.0531. The number of furan rings is 1. The molecule has 2 heterocycles. The first-order valence-corrected chi connectivity index (χ1v) is 6.31. The zero-order valence-electron chi connectivity index (χ0n) is 11.1. The minimum atomic E-state index is -0.0531. The predicted molar refractivity (Wildman–Crippen MR) is 77.3 cm³/mol.